The average Bonchev–Trinajstić information content (AvgIpc) is 3.09. The molecule has 1 amide bonds. The summed E-state index contributed by atoms with van der Waals surface area (Å²) in [5.74, 6) is -0.140. The lowest BCUT2D eigenvalue weighted by Crippen LogP contribution is -2.50. The monoisotopic (exact) mass is 682 g/mol. The lowest BCUT2D eigenvalue weighted by Gasteiger charge is -2.26. The van der Waals surface area contributed by atoms with Crippen molar-refractivity contribution in [3.05, 3.63) is 0 Å². The van der Waals surface area contributed by atoms with Crippen molar-refractivity contribution in [2.45, 2.75) is 263 Å². The maximum atomic E-state index is 12.4. The molecule has 0 heterocycles. The quantitative estimate of drug-likeness (QED) is 0.0485. The molecule has 0 saturated carbocycles. The maximum Gasteiger partial charge on any atom is 0.220 e. The van der Waals surface area contributed by atoms with Gasteiger partial charge < -0.3 is 20.6 Å². The molecule has 0 radical (unpaired) electrons. The zero-order valence-electron chi connectivity index (χ0n) is 32.6. The highest BCUT2D eigenvalue weighted by Gasteiger charge is 2.26. The Morgan fingerprint density at radius 2 is 0.708 bits per heavy atom. The summed E-state index contributed by atoms with van der Waals surface area (Å²) in [7, 11) is 0. The molecule has 0 aromatic heterocycles. The molecule has 0 aromatic carbocycles. The second-order valence-electron chi connectivity index (χ2n) is 15.3. The number of carbonyl (C=O) groups is 1. The molecule has 0 aliphatic carbocycles. The number of carbonyl (C=O) groups excluding carboxylic acids is 1. The summed E-state index contributed by atoms with van der Waals surface area (Å²) in [6.45, 7) is 4.20. The third-order valence-corrected chi connectivity index (χ3v) is 10.5. The van der Waals surface area contributed by atoms with Crippen LogP contribution < -0.4 is 5.32 Å². The molecule has 0 rings (SSSR count). The van der Waals surface area contributed by atoms with E-state index in [1.807, 2.05) is 0 Å². The molecule has 288 valence electrons. The van der Waals surface area contributed by atoms with Crippen molar-refractivity contribution in [1.29, 1.82) is 0 Å². The second kappa shape index (κ2) is 39.1. The predicted octanol–water partition coefficient (Wildman–Crippen LogP) is 12.3. The van der Waals surface area contributed by atoms with Crippen molar-refractivity contribution in [2.24, 2.45) is 0 Å². The van der Waals surface area contributed by atoms with Gasteiger partial charge in [-0.1, -0.05) is 226 Å². The Labute approximate surface area is 300 Å². The average molecular weight is 682 g/mol. The van der Waals surface area contributed by atoms with Gasteiger partial charge in [-0.3, -0.25) is 4.79 Å². The van der Waals surface area contributed by atoms with Gasteiger partial charge in [0.15, 0.2) is 0 Å². The third-order valence-electron chi connectivity index (χ3n) is 10.5. The Morgan fingerprint density at radius 3 is 1.00 bits per heavy atom. The highest BCUT2D eigenvalue weighted by atomic mass is 16.3. The molecule has 0 aliphatic heterocycles. The van der Waals surface area contributed by atoms with Crippen molar-refractivity contribution >= 4 is 5.91 Å². The fourth-order valence-electron chi connectivity index (χ4n) is 7.05. The Balaban J connectivity index is 3.59. The Bertz CT molecular complexity index is 630. The summed E-state index contributed by atoms with van der Waals surface area (Å²) < 4.78 is 0. The smallest absolute Gasteiger partial charge is 0.220 e. The van der Waals surface area contributed by atoms with Crippen LogP contribution in [0.3, 0.4) is 0 Å². The summed E-state index contributed by atoms with van der Waals surface area (Å²) >= 11 is 0. The molecular weight excluding hydrogens is 594 g/mol. The van der Waals surface area contributed by atoms with Gasteiger partial charge in [-0.05, 0) is 12.8 Å². The van der Waals surface area contributed by atoms with E-state index in [4.69, 9.17) is 0 Å². The normalized spacial score (nSPS) is 13.5. The summed E-state index contributed by atoms with van der Waals surface area (Å²) in [4.78, 5) is 12.4. The molecule has 48 heavy (non-hydrogen) atoms. The molecule has 3 atom stereocenters. The van der Waals surface area contributed by atoms with Crippen molar-refractivity contribution in [1.82, 2.24) is 5.32 Å². The fraction of sp³-hybridized carbons (Fsp3) is 0.977. The van der Waals surface area contributed by atoms with Gasteiger partial charge in [0.2, 0.25) is 5.91 Å². The van der Waals surface area contributed by atoms with Crippen molar-refractivity contribution < 1.29 is 20.1 Å². The number of rotatable bonds is 40. The van der Waals surface area contributed by atoms with Crippen molar-refractivity contribution in [2.75, 3.05) is 6.61 Å². The van der Waals surface area contributed by atoms with E-state index in [1.54, 1.807) is 0 Å². The lowest BCUT2D eigenvalue weighted by atomic mass is 9.99. The zero-order valence-corrected chi connectivity index (χ0v) is 32.6. The van der Waals surface area contributed by atoms with Crippen molar-refractivity contribution in [3.63, 3.8) is 0 Å². The van der Waals surface area contributed by atoms with Crippen LogP contribution in [-0.4, -0.2) is 46.1 Å². The molecule has 3 unspecified atom stereocenters. The van der Waals surface area contributed by atoms with E-state index in [-0.39, 0.29) is 12.5 Å². The first-order valence-electron chi connectivity index (χ1n) is 21.8. The van der Waals surface area contributed by atoms with Crippen LogP contribution in [0.4, 0.5) is 0 Å². The highest BCUT2D eigenvalue weighted by molar-refractivity contribution is 5.76. The summed E-state index contributed by atoms with van der Waals surface area (Å²) in [5.41, 5.74) is 0. The van der Waals surface area contributed by atoms with Gasteiger partial charge in [-0.15, -0.1) is 0 Å². The first-order valence-corrected chi connectivity index (χ1v) is 21.8. The molecule has 0 spiro atoms. The van der Waals surface area contributed by atoms with E-state index in [0.717, 1.165) is 32.1 Å². The van der Waals surface area contributed by atoms with Crippen LogP contribution in [0.15, 0.2) is 0 Å². The van der Waals surface area contributed by atoms with Gasteiger partial charge in [0.25, 0.3) is 0 Å². The number of unbranched alkanes of at least 4 members (excludes halogenated alkanes) is 32. The Hall–Kier alpha value is -0.650. The van der Waals surface area contributed by atoms with Gasteiger partial charge >= 0.3 is 0 Å². The summed E-state index contributed by atoms with van der Waals surface area (Å²) in [6, 6.07) is -0.802. The molecule has 0 aromatic rings. The minimum absolute atomic E-state index is 0.140. The van der Waals surface area contributed by atoms with Crippen LogP contribution in [0.5, 0.6) is 0 Å². The molecule has 5 heteroatoms. The Kier molecular flexibility index (Phi) is 38.6. The molecule has 0 fully saturated rings. The molecule has 0 bridgehead atoms. The first kappa shape index (κ1) is 47.4. The summed E-state index contributed by atoms with van der Waals surface area (Å²) in [6.07, 6.45) is 43.5. The minimum atomic E-state index is -1.13. The van der Waals surface area contributed by atoms with Crippen LogP contribution in [-0.2, 0) is 4.79 Å². The van der Waals surface area contributed by atoms with Crippen molar-refractivity contribution in [3.8, 4) is 0 Å². The minimum Gasteiger partial charge on any atom is -0.394 e. The van der Waals surface area contributed by atoms with Crippen LogP contribution in [0.1, 0.15) is 245 Å². The Morgan fingerprint density at radius 1 is 0.438 bits per heavy atom. The summed E-state index contributed by atoms with van der Waals surface area (Å²) in [5, 5.41) is 33.5. The number of aliphatic hydroxyl groups excluding tert-OH is 3. The number of aliphatic hydroxyl groups is 3. The number of hydrogen-bond acceptors (Lipinski definition) is 4. The van der Waals surface area contributed by atoms with Gasteiger partial charge in [0.1, 0.15) is 6.10 Å². The predicted molar refractivity (Wildman–Crippen MR) is 209 cm³/mol. The molecular formula is C43H87NO4. The molecule has 0 aliphatic rings. The van der Waals surface area contributed by atoms with Gasteiger partial charge in [0, 0.05) is 6.42 Å². The zero-order chi connectivity index (χ0) is 35.2. The SMILES string of the molecule is CCCCCCCCCCCCCCCCCCCCC(O)C(O)C(CO)NC(=O)CCCCCCCCCCCCCCCCCC. The van der Waals surface area contributed by atoms with Crippen LogP contribution in [0.2, 0.25) is 0 Å². The number of nitrogens with one attached hydrogen (secondary N) is 1. The van der Waals surface area contributed by atoms with Gasteiger partial charge in [0.05, 0.1) is 18.8 Å². The third kappa shape index (κ3) is 33.8. The van der Waals surface area contributed by atoms with E-state index in [0.29, 0.717) is 12.8 Å². The molecule has 5 nitrogen and oxygen atoms in total. The molecule has 4 N–H and O–H groups in total. The largest absolute Gasteiger partial charge is 0.394 e. The van der Waals surface area contributed by atoms with Gasteiger partial charge in [-0.2, -0.15) is 0 Å². The van der Waals surface area contributed by atoms with E-state index < -0.39 is 18.2 Å². The highest BCUT2D eigenvalue weighted by Crippen LogP contribution is 2.17. The van der Waals surface area contributed by atoms with E-state index >= 15 is 0 Å². The molecule has 0 saturated heterocycles. The lowest BCUT2D eigenvalue weighted by molar-refractivity contribution is -0.124. The fourth-order valence-corrected chi connectivity index (χ4v) is 7.05. The van der Waals surface area contributed by atoms with Crippen LogP contribution >= 0.6 is 0 Å². The van der Waals surface area contributed by atoms with Crippen LogP contribution in [0, 0.1) is 0 Å². The first-order chi connectivity index (χ1) is 23.6. The van der Waals surface area contributed by atoms with Gasteiger partial charge in [-0.25, -0.2) is 0 Å². The second-order valence-corrected chi connectivity index (χ2v) is 15.3. The topological polar surface area (TPSA) is 89.8 Å². The van der Waals surface area contributed by atoms with E-state index in [1.165, 1.54) is 186 Å². The number of hydrogen-bond donors (Lipinski definition) is 4. The standard InChI is InChI=1S/C43H87NO4/c1-3-5-7-9-11-13-15-17-19-21-22-23-25-27-29-31-33-35-37-41(46)43(48)40(39-45)44-42(47)38-36-34-32-30-28-26-24-20-18-16-14-12-10-8-6-4-2/h40-41,43,45-46,48H,3-39H2,1-2H3,(H,44,47). The van der Waals surface area contributed by atoms with Crippen LogP contribution in [0.25, 0.3) is 0 Å². The van der Waals surface area contributed by atoms with E-state index in [2.05, 4.69) is 19.2 Å². The maximum absolute atomic E-state index is 12.4. The van der Waals surface area contributed by atoms with E-state index in [9.17, 15) is 20.1 Å². The number of amides is 1.